The van der Waals surface area contributed by atoms with Gasteiger partial charge >= 0.3 is 0 Å². The Morgan fingerprint density at radius 1 is 1.62 bits per heavy atom. The van der Waals surface area contributed by atoms with E-state index < -0.39 is 0 Å². The summed E-state index contributed by atoms with van der Waals surface area (Å²) in [7, 11) is 0. The van der Waals surface area contributed by atoms with Crippen LogP contribution < -0.4 is 5.73 Å². The second-order valence-corrected chi connectivity index (χ2v) is 3.72. The van der Waals surface area contributed by atoms with Gasteiger partial charge in [0.15, 0.2) is 0 Å². The van der Waals surface area contributed by atoms with Crippen molar-refractivity contribution in [2.75, 3.05) is 13.1 Å². The highest BCUT2D eigenvalue weighted by Gasteiger charge is 2.26. The van der Waals surface area contributed by atoms with E-state index in [1.54, 1.807) is 0 Å². The predicted octanol–water partition coefficient (Wildman–Crippen LogP) is 1.13. The molecule has 1 rings (SSSR count). The van der Waals surface area contributed by atoms with Crippen molar-refractivity contribution in [1.29, 1.82) is 0 Å². The summed E-state index contributed by atoms with van der Waals surface area (Å²) in [6.45, 7) is 3.65. The number of unbranched alkanes of at least 4 members (excludes halogenated alkanes) is 1. The molecule has 13 heavy (non-hydrogen) atoms. The molecule has 2 N–H and O–H groups in total. The predicted molar refractivity (Wildman–Crippen MR) is 53.3 cm³/mol. The van der Waals surface area contributed by atoms with Crippen LogP contribution >= 0.6 is 0 Å². The number of nitrogens with zero attached hydrogens (tertiary/aromatic N) is 1. The number of likely N-dealkylation sites (tertiary alicyclic amines) is 1. The van der Waals surface area contributed by atoms with E-state index in [9.17, 15) is 4.79 Å². The lowest BCUT2D eigenvalue weighted by Gasteiger charge is -2.23. The van der Waals surface area contributed by atoms with Crippen molar-refractivity contribution < 1.29 is 4.79 Å². The first-order chi connectivity index (χ1) is 6.29. The summed E-state index contributed by atoms with van der Waals surface area (Å²) in [5.41, 5.74) is 5.60. The third kappa shape index (κ3) is 2.69. The van der Waals surface area contributed by atoms with E-state index in [0.29, 0.717) is 24.9 Å². The summed E-state index contributed by atoms with van der Waals surface area (Å²) in [4.78, 5) is 13.6. The van der Waals surface area contributed by atoms with Gasteiger partial charge in [-0.3, -0.25) is 4.79 Å². The maximum atomic E-state index is 11.6. The minimum Gasteiger partial charge on any atom is -0.338 e. The summed E-state index contributed by atoms with van der Waals surface area (Å²) in [5, 5.41) is 0. The molecule has 1 fully saturated rings. The molecule has 1 unspecified atom stereocenters. The Labute approximate surface area is 80.3 Å². The summed E-state index contributed by atoms with van der Waals surface area (Å²) in [6, 6.07) is 0.323. The van der Waals surface area contributed by atoms with Crippen molar-refractivity contribution in [2.24, 2.45) is 5.73 Å². The molecule has 3 heteroatoms. The number of hydrogen-bond acceptors (Lipinski definition) is 2. The van der Waals surface area contributed by atoms with E-state index in [-0.39, 0.29) is 0 Å². The van der Waals surface area contributed by atoms with Gasteiger partial charge in [-0.2, -0.15) is 0 Å². The maximum Gasteiger partial charge on any atom is 0.222 e. The Kier molecular flexibility index (Phi) is 4.22. The highest BCUT2D eigenvalue weighted by atomic mass is 16.2. The lowest BCUT2D eigenvalue weighted by Crippen LogP contribution is -2.39. The maximum absolute atomic E-state index is 11.6. The van der Waals surface area contributed by atoms with Crippen LogP contribution in [0, 0.1) is 0 Å². The number of rotatable bonds is 4. The molecule has 0 spiro atoms. The van der Waals surface area contributed by atoms with Gasteiger partial charge in [-0.15, -0.1) is 0 Å². The van der Waals surface area contributed by atoms with E-state index in [1.807, 2.05) is 4.90 Å². The molecule has 1 aliphatic heterocycles. The van der Waals surface area contributed by atoms with Gasteiger partial charge in [-0.1, -0.05) is 13.3 Å². The fourth-order valence-electron chi connectivity index (χ4n) is 1.88. The zero-order chi connectivity index (χ0) is 9.68. The van der Waals surface area contributed by atoms with Gasteiger partial charge in [0.25, 0.3) is 0 Å². The molecular weight excluding hydrogens is 164 g/mol. The van der Waals surface area contributed by atoms with E-state index in [2.05, 4.69) is 6.92 Å². The molecule has 1 heterocycles. The number of hydrogen-bond donors (Lipinski definition) is 1. The van der Waals surface area contributed by atoms with Crippen molar-refractivity contribution in [2.45, 2.75) is 45.1 Å². The minimum atomic E-state index is 0.301. The van der Waals surface area contributed by atoms with Crippen LogP contribution in [0.25, 0.3) is 0 Å². The van der Waals surface area contributed by atoms with Crippen LogP contribution in [0.4, 0.5) is 0 Å². The molecule has 1 amide bonds. The van der Waals surface area contributed by atoms with E-state index >= 15 is 0 Å². The second kappa shape index (κ2) is 5.22. The van der Waals surface area contributed by atoms with E-state index in [0.717, 1.165) is 32.2 Å². The third-order valence-electron chi connectivity index (χ3n) is 2.71. The summed E-state index contributed by atoms with van der Waals surface area (Å²) < 4.78 is 0. The zero-order valence-electron chi connectivity index (χ0n) is 8.46. The van der Waals surface area contributed by atoms with Gasteiger partial charge in [0.2, 0.25) is 5.91 Å². The van der Waals surface area contributed by atoms with Crippen molar-refractivity contribution in [3.63, 3.8) is 0 Å². The van der Waals surface area contributed by atoms with Gasteiger partial charge in [0.1, 0.15) is 0 Å². The van der Waals surface area contributed by atoms with Gasteiger partial charge in [0.05, 0.1) is 0 Å². The Balaban J connectivity index is 2.36. The fraction of sp³-hybridized carbons (Fsp3) is 0.900. The molecule has 0 aromatic heterocycles. The number of amides is 1. The third-order valence-corrected chi connectivity index (χ3v) is 2.71. The fourth-order valence-corrected chi connectivity index (χ4v) is 1.88. The molecule has 0 saturated carbocycles. The average Bonchev–Trinajstić information content (AvgIpc) is 2.61. The quantitative estimate of drug-likeness (QED) is 0.712. The van der Waals surface area contributed by atoms with Crippen molar-refractivity contribution in [1.82, 2.24) is 4.90 Å². The van der Waals surface area contributed by atoms with Crippen molar-refractivity contribution in [3.05, 3.63) is 0 Å². The summed E-state index contributed by atoms with van der Waals surface area (Å²) in [6.07, 6.45) is 5.01. The Morgan fingerprint density at radius 2 is 2.38 bits per heavy atom. The summed E-state index contributed by atoms with van der Waals surface area (Å²) >= 11 is 0. The smallest absolute Gasteiger partial charge is 0.222 e. The largest absolute Gasteiger partial charge is 0.338 e. The highest BCUT2D eigenvalue weighted by Crippen LogP contribution is 2.17. The van der Waals surface area contributed by atoms with Crippen LogP contribution in [0.3, 0.4) is 0 Å². The number of carbonyl (C=O) groups excluding carboxylic acids is 1. The molecule has 1 saturated heterocycles. The molecular formula is C10H20N2O. The average molecular weight is 184 g/mol. The molecule has 0 aliphatic carbocycles. The monoisotopic (exact) mass is 184 g/mol. The second-order valence-electron chi connectivity index (χ2n) is 3.72. The number of nitrogens with two attached hydrogens (primary N) is 1. The highest BCUT2D eigenvalue weighted by molar-refractivity contribution is 5.76. The SMILES string of the molecule is CCCCC(=O)N1CCCC1CN. The van der Waals surface area contributed by atoms with Crippen LogP contribution in [0.1, 0.15) is 39.0 Å². The minimum absolute atomic E-state index is 0.301. The topological polar surface area (TPSA) is 46.3 Å². The van der Waals surface area contributed by atoms with Crippen LogP contribution in [0.5, 0.6) is 0 Å². The van der Waals surface area contributed by atoms with Crippen molar-refractivity contribution >= 4 is 5.91 Å². The molecule has 1 aliphatic rings. The first-order valence-corrected chi connectivity index (χ1v) is 5.29. The first-order valence-electron chi connectivity index (χ1n) is 5.29. The van der Waals surface area contributed by atoms with Gasteiger partial charge in [-0.05, 0) is 19.3 Å². The number of carbonyl (C=O) groups is 1. The standard InChI is InChI=1S/C10H20N2O/c1-2-3-6-10(13)12-7-4-5-9(12)8-11/h9H,2-8,11H2,1H3. The lowest BCUT2D eigenvalue weighted by atomic mass is 10.2. The van der Waals surface area contributed by atoms with Gasteiger partial charge < -0.3 is 10.6 Å². The van der Waals surface area contributed by atoms with E-state index in [4.69, 9.17) is 5.73 Å². The molecule has 0 aromatic rings. The van der Waals surface area contributed by atoms with Crippen LogP contribution in [-0.4, -0.2) is 29.9 Å². The summed E-state index contributed by atoms with van der Waals surface area (Å²) in [5.74, 6) is 0.301. The Morgan fingerprint density at radius 3 is 3.00 bits per heavy atom. The lowest BCUT2D eigenvalue weighted by molar-refractivity contribution is -0.131. The molecule has 76 valence electrons. The van der Waals surface area contributed by atoms with Crippen LogP contribution in [0.2, 0.25) is 0 Å². The van der Waals surface area contributed by atoms with Gasteiger partial charge in [0, 0.05) is 25.6 Å². The molecule has 0 radical (unpaired) electrons. The zero-order valence-corrected chi connectivity index (χ0v) is 8.46. The normalized spacial score (nSPS) is 22.3. The molecule has 0 aromatic carbocycles. The Bertz CT molecular complexity index is 170. The first kappa shape index (κ1) is 10.5. The van der Waals surface area contributed by atoms with Gasteiger partial charge in [-0.25, -0.2) is 0 Å². The van der Waals surface area contributed by atoms with Crippen LogP contribution in [0.15, 0.2) is 0 Å². The van der Waals surface area contributed by atoms with Crippen LogP contribution in [-0.2, 0) is 4.79 Å². The van der Waals surface area contributed by atoms with E-state index in [1.165, 1.54) is 0 Å². The van der Waals surface area contributed by atoms with Crippen molar-refractivity contribution in [3.8, 4) is 0 Å². The molecule has 1 atom stereocenters. The molecule has 0 bridgehead atoms. The molecule has 3 nitrogen and oxygen atoms in total. The Hall–Kier alpha value is -0.570.